The van der Waals surface area contributed by atoms with E-state index in [-0.39, 0.29) is 10.6 Å². The van der Waals surface area contributed by atoms with Crippen LogP contribution < -0.4 is 0 Å². The maximum absolute atomic E-state index is 11.1. The van der Waals surface area contributed by atoms with Gasteiger partial charge in [0.05, 0.1) is 0 Å². The molecule has 1 aliphatic carbocycles. The van der Waals surface area contributed by atoms with E-state index in [1.807, 2.05) is 0 Å². The third-order valence-electron chi connectivity index (χ3n) is 2.69. The lowest BCUT2D eigenvalue weighted by molar-refractivity contribution is 0.457. The second kappa shape index (κ2) is 3.68. The van der Waals surface area contributed by atoms with Gasteiger partial charge in [0, 0.05) is 10.7 Å². The van der Waals surface area contributed by atoms with Gasteiger partial charge in [0.2, 0.25) is 0 Å². The van der Waals surface area contributed by atoms with Crippen LogP contribution in [0.2, 0.25) is 0 Å². The zero-order valence-electron chi connectivity index (χ0n) is 8.03. The van der Waals surface area contributed by atoms with Crippen LogP contribution >= 0.6 is 10.7 Å². The Morgan fingerprint density at radius 2 is 1.67 bits per heavy atom. The maximum Gasteiger partial charge on any atom is 0.264 e. The van der Waals surface area contributed by atoms with Crippen molar-refractivity contribution in [3.63, 3.8) is 0 Å². The quantitative estimate of drug-likeness (QED) is 0.773. The lowest BCUT2D eigenvalue weighted by atomic mass is 9.92. The molecule has 1 aromatic rings. The second-order valence-electron chi connectivity index (χ2n) is 3.73. The zero-order chi connectivity index (χ0) is 11.1. The molecule has 1 aliphatic rings. The number of benzene rings is 1. The Bertz CT molecular complexity index is 494. The van der Waals surface area contributed by atoms with Crippen molar-refractivity contribution in [1.82, 2.24) is 0 Å². The fraction of sp³-hybridized carbons (Fsp3) is 0.400. The summed E-state index contributed by atoms with van der Waals surface area (Å²) in [5.74, 6) is -0.245. The number of hydrogen-bond acceptors (Lipinski definition) is 3. The molecule has 0 spiro atoms. The lowest BCUT2D eigenvalue weighted by Crippen LogP contribution is -2.04. The van der Waals surface area contributed by atoms with Crippen LogP contribution in [0.3, 0.4) is 0 Å². The number of rotatable bonds is 1. The fourth-order valence-corrected chi connectivity index (χ4v) is 2.91. The summed E-state index contributed by atoms with van der Waals surface area (Å²) in [5.41, 5.74) is 2.01. The van der Waals surface area contributed by atoms with Gasteiger partial charge in [-0.2, -0.15) is 0 Å². The number of phenolic OH excluding ortho intramolecular Hbond substituents is 1. The number of hydrogen-bond donors (Lipinski definition) is 1. The van der Waals surface area contributed by atoms with Gasteiger partial charge >= 0.3 is 0 Å². The summed E-state index contributed by atoms with van der Waals surface area (Å²) >= 11 is 0. The number of fused-ring (bicyclic) bond motifs is 1. The minimum Gasteiger partial charge on any atom is -0.507 e. The largest absolute Gasteiger partial charge is 0.507 e. The minimum absolute atomic E-state index is 0.176. The first kappa shape index (κ1) is 10.8. The highest BCUT2D eigenvalue weighted by Crippen LogP contribution is 2.32. The van der Waals surface area contributed by atoms with Crippen LogP contribution in [0, 0.1) is 0 Å². The molecule has 0 saturated heterocycles. The van der Waals surface area contributed by atoms with E-state index in [9.17, 15) is 13.5 Å². The standard InChI is InChI=1S/C10H11ClO3S/c11-15(13,14)10-6-8-4-2-1-3-7(8)5-9(10)12/h5-6,12H,1-4H2. The van der Waals surface area contributed by atoms with Crippen LogP contribution in [0.15, 0.2) is 17.0 Å². The molecule has 5 heteroatoms. The summed E-state index contributed by atoms with van der Waals surface area (Å²) in [7, 11) is 1.37. The topological polar surface area (TPSA) is 54.4 Å². The molecule has 0 heterocycles. The third-order valence-corrected chi connectivity index (χ3v) is 4.04. The molecule has 0 aliphatic heterocycles. The van der Waals surface area contributed by atoms with Crippen molar-refractivity contribution < 1.29 is 13.5 Å². The summed E-state index contributed by atoms with van der Waals surface area (Å²) in [4.78, 5) is -0.176. The Morgan fingerprint density at radius 3 is 2.20 bits per heavy atom. The van der Waals surface area contributed by atoms with E-state index in [4.69, 9.17) is 10.7 Å². The van der Waals surface area contributed by atoms with Crippen molar-refractivity contribution in [3.05, 3.63) is 23.3 Å². The van der Waals surface area contributed by atoms with Crippen molar-refractivity contribution in [1.29, 1.82) is 0 Å². The average Bonchev–Trinajstić information content (AvgIpc) is 2.15. The highest BCUT2D eigenvalue weighted by molar-refractivity contribution is 8.13. The maximum atomic E-state index is 11.1. The molecule has 0 amide bonds. The molecule has 0 unspecified atom stereocenters. The summed E-state index contributed by atoms with van der Waals surface area (Å²) in [5, 5.41) is 9.54. The second-order valence-corrected chi connectivity index (χ2v) is 6.27. The number of aryl methyl sites for hydroxylation is 2. The molecule has 1 N–H and O–H groups in total. The summed E-state index contributed by atoms with van der Waals surface area (Å²) in [6.45, 7) is 0. The summed E-state index contributed by atoms with van der Waals surface area (Å²) in [6.07, 6.45) is 3.89. The predicted octanol–water partition coefficient (Wildman–Crippen LogP) is 2.20. The molecular formula is C10H11ClO3S. The summed E-state index contributed by atoms with van der Waals surface area (Å²) < 4.78 is 22.3. The molecule has 2 rings (SSSR count). The predicted molar refractivity (Wildman–Crippen MR) is 57.8 cm³/mol. The monoisotopic (exact) mass is 246 g/mol. The lowest BCUT2D eigenvalue weighted by Gasteiger charge is -2.16. The van der Waals surface area contributed by atoms with Crippen molar-refractivity contribution in [2.45, 2.75) is 30.6 Å². The number of phenols is 1. The Balaban J connectivity index is 2.60. The number of aromatic hydroxyl groups is 1. The van der Waals surface area contributed by atoms with E-state index in [1.165, 1.54) is 12.1 Å². The van der Waals surface area contributed by atoms with Gasteiger partial charge in [-0.1, -0.05) is 0 Å². The van der Waals surface area contributed by atoms with Gasteiger partial charge in [-0.3, -0.25) is 0 Å². The molecule has 82 valence electrons. The van der Waals surface area contributed by atoms with E-state index in [0.717, 1.165) is 36.8 Å². The van der Waals surface area contributed by atoms with E-state index in [1.54, 1.807) is 0 Å². The molecule has 3 nitrogen and oxygen atoms in total. The van der Waals surface area contributed by atoms with Crippen LogP contribution in [0.1, 0.15) is 24.0 Å². The first-order valence-electron chi connectivity index (χ1n) is 4.78. The average molecular weight is 247 g/mol. The molecule has 0 fully saturated rings. The van der Waals surface area contributed by atoms with Gasteiger partial charge in [-0.25, -0.2) is 8.42 Å². The highest BCUT2D eigenvalue weighted by Gasteiger charge is 2.20. The molecule has 1 aromatic carbocycles. The van der Waals surface area contributed by atoms with Crippen molar-refractivity contribution in [3.8, 4) is 5.75 Å². The molecule has 0 aromatic heterocycles. The molecule has 0 saturated carbocycles. The van der Waals surface area contributed by atoms with Crippen molar-refractivity contribution >= 4 is 19.7 Å². The van der Waals surface area contributed by atoms with Gasteiger partial charge in [-0.15, -0.1) is 0 Å². The SMILES string of the molecule is O=S(=O)(Cl)c1cc2c(cc1O)CCCC2. The highest BCUT2D eigenvalue weighted by atomic mass is 35.7. The van der Waals surface area contributed by atoms with Crippen LogP contribution in [0.25, 0.3) is 0 Å². The van der Waals surface area contributed by atoms with Crippen LogP contribution in [0.5, 0.6) is 5.75 Å². The van der Waals surface area contributed by atoms with Crippen LogP contribution in [-0.4, -0.2) is 13.5 Å². The van der Waals surface area contributed by atoms with E-state index >= 15 is 0 Å². The third kappa shape index (κ3) is 2.11. The smallest absolute Gasteiger partial charge is 0.264 e. The Hall–Kier alpha value is -0.740. The number of halogens is 1. The minimum atomic E-state index is -3.84. The molecule has 0 atom stereocenters. The van der Waals surface area contributed by atoms with Crippen molar-refractivity contribution in [2.24, 2.45) is 0 Å². The van der Waals surface area contributed by atoms with Crippen LogP contribution in [-0.2, 0) is 21.9 Å². The van der Waals surface area contributed by atoms with Crippen LogP contribution in [0.4, 0.5) is 0 Å². The van der Waals surface area contributed by atoms with Gasteiger partial charge in [0.15, 0.2) is 0 Å². The first-order chi connectivity index (χ1) is 6.98. The van der Waals surface area contributed by atoms with E-state index in [0.29, 0.717) is 0 Å². The Morgan fingerprint density at radius 1 is 1.13 bits per heavy atom. The molecule has 0 radical (unpaired) electrons. The van der Waals surface area contributed by atoms with Gasteiger partial charge < -0.3 is 5.11 Å². The van der Waals surface area contributed by atoms with E-state index in [2.05, 4.69) is 0 Å². The molecular weight excluding hydrogens is 236 g/mol. The normalized spacial score (nSPS) is 16.1. The summed E-state index contributed by atoms with van der Waals surface area (Å²) in [6, 6.07) is 3.01. The Kier molecular flexibility index (Phi) is 2.64. The first-order valence-corrected chi connectivity index (χ1v) is 7.09. The molecule has 0 bridgehead atoms. The fourth-order valence-electron chi connectivity index (χ4n) is 1.95. The van der Waals surface area contributed by atoms with E-state index < -0.39 is 9.05 Å². The Labute approximate surface area is 93.1 Å². The van der Waals surface area contributed by atoms with Gasteiger partial charge in [0.25, 0.3) is 9.05 Å². The van der Waals surface area contributed by atoms with Gasteiger partial charge in [-0.05, 0) is 48.9 Å². The molecule has 15 heavy (non-hydrogen) atoms. The van der Waals surface area contributed by atoms with Gasteiger partial charge in [0.1, 0.15) is 10.6 Å². The zero-order valence-corrected chi connectivity index (χ0v) is 9.61. The van der Waals surface area contributed by atoms with Crippen molar-refractivity contribution in [2.75, 3.05) is 0 Å².